The molecular weight excluding hydrogens is 316 g/mol. The molecule has 3 amide bonds. The van der Waals surface area contributed by atoms with Gasteiger partial charge in [-0.1, -0.05) is 0 Å². The van der Waals surface area contributed by atoms with E-state index in [2.05, 4.69) is 4.99 Å². The zero-order valence-corrected chi connectivity index (χ0v) is 15.8. The Balaban J connectivity index is 5.29. The van der Waals surface area contributed by atoms with Crippen LogP contribution in [0.3, 0.4) is 0 Å². The highest BCUT2D eigenvalue weighted by atomic mass is 16.6. The summed E-state index contributed by atoms with van der Waals surface area (Å²) in [6.45, 7) is 14.7. The van der Waals surface area contributed by atoms with Crippen molar-refractivity contribution in [2.24, 2.45) is 4.99 Å². The highest BCUT2D eigenvalue weighted by Crippen LogP contribution is 2.14. The second kappa shape index (κ2) is 7.63. The van der Waals surface area contributed by atoms with Gasteiger partial charge in [-0.05, 0) is 62.3 Å². The van der Waals surface area contributed by atoms with Gasteiger partial charge in [0.15, 0.2) is 6.34 Å². The lowest BCUT2D eigenvalue weighted by Crippen LogP contribution is -2.43. The predicted octanol–water partition coefficient (Wildman–Crippen LogP) is 4.00. The third-order valence-corrected chi connectivity index (χ3v) is 1.79. The number of imide groups is 1. The van der Waals surface area contributed by atoms with Gasteiger partial charge in [0.05, 0.1) is 0 Å². The highest BCUT2D eigenvalue weighted by Gasteiger charge is 2.31. The molecule has 137 valence electrons. The van der Waals surface area contributed by atoms with E-state index in [1.165, 1.54) is 0 Å². The van der Waals surface area contributed by atoms with Crippen molar-refractivity contribution in [3.63, 3.8) is 0 Å². The highest BCUT2D eigenvalue weighted by molar-refractivity contribution is 6.02. The first-order valence-corrected chi connectivity index (χ1v) is 7.46. The molecule has 0 atom stereocenters. The van der Waals surface area contributed by atoms with Gasteiger partial charge in [0.25, 0.3) is 0 Å². The molecule has 0 N–H and O–H groups in total. The van der Waals surface area contributed by atoms with Crippen LogP contribution < -0.4 is 0 Å². The fourth-order valence-corrected chi connectivity index (χ4v) is 1.15. The van der Waals surface area contributed by atoms with E-state index >= 15 is 0 Å². The molecule has 0 fully saturated rings. The Kier molecular flexibility index (Phi) is 6.96. The topological polar surface area (TPSA) is 94.5 Å². The van der Waals surface area contributed by atoms with Gasteiger partial charge in [0, 0.05) is 0 Å². The monoisotopic (exact) mass is 343 g/mol. The number of hydrogen-bond acceptors (Lipinski definition) is 6. The SMILES string of the molecule is CC(C)(C)OC(=O)/N=[C]/N(C(=O)OC(C)(C)C)C(=O)OC(C)(C)C. The summed E-state index contributed by atoms with van der Waals surface area (Å²) in [6, 6.07) is 0. The van der Waals surface area contributed by atoms with Crippen molar-refractivity contribution in [1.82, 2.24) is 4.90 Å². The molecule has 8 heteroatoms. The van der Waals surface area contributed by atoms with Crippen molar-refractivity contribution >= 4 is 24.6 Å². The summed E-state index contributed by atoms with van der Waals surface area (Å²) in [6.07, 6.45) is -1.11. The van der Waals surface area contributed by atoms with Gasteiger partial charge < -0.3 is 14.2 Å². The molecule has 0 heterocycles. The number of nitrogens with zero attached hydrogens (tertiary/aromatic N) is 2. The van der Waals surface area contributed by atoms with Gasteiger partial charge in [-0.2, -0.15) is 9.89 Å². The summed E-state index contributed by atoms with van der Waals surface area (Å²) in [5, 5.41) is 0. The van der Waals surface area contributed by atoms with Crippen LogP contribution in [-0.2, 0) is 14.2 Å². The standard InChI is InChI=1S/C16H27N2O6/c1-14(2,3)22-11(19)17-10-18(12(20)23-15(4,5)6)13(21)24-16(7,8)9/h1-9H3. The fourth-order valence-electron chi connectivity index (χ4n) is 1.15. The number of aliphatic imine (C=N–C) groups is 1. The van der Waals surface area contributed by atoms with Crippen molar-refractivity contribution in [2.75, 3.05) is 0 Å². The van der Waals surface area contributed by atoms with Gasteiger partial charge in [-0.15, -0.1) is 0 Å². The second-order valence-electron chi connectivity index (χ2n) is 7.99. The average molecular weight is 343 g/mol. The molecule has 0 bridgehead atoms. The summed E-state index contributed by atoms with van der Waals surface area (Å²) in [5.74, 6) is 0. The number of carbonyl (C=O) groups is 3. The number of carbonyl (C=O) groups excluding carboxylic acids is 3. The van der Waals surface area contributed by atoms with Gasteiger partial charge in [0.1, 0.15) is 16.8 Å². The van der Waals surface area contributed by atoms with Crippen molar-refractivity contribution in [1.29, 1.82) is 0 Å². The summed E-state index contributed by atoms with van der Waals surface area (Å²) in [5.41, 5.74) is -2.49. The average Bonchev–Trinajstić information content (AvgIpc) is 2.20. The van der Waals surface area contributed by atoms with E-state index in [1.54, 1.807) is 62.3 Å². The smallest absolute Gasteiger partial charge is 0.436 e. The lowest BCUT2D eigenvalue weighted by molar-refractivity contribution is 0.0156. The summed E-state index contributed by atoms with van der Waals surface area (Å²) < 4.78 is 15.1. The molecule has 0 aromatic carbocycles. The fraction of sp³-hybridized carbons (Fsp3) is 0.750. The van der Waals surface area contributed by atoms with Crippen molar-refractivity contribution in [3.05, 3.63) is 0 Å². The lowest BCUT2D eigenvalue weighted by atomic mass is 10.2. The maximum absolute atomic E-state index is 12.1. The van der Waals surface area contributed by atoms with Crippen LogP contribution in [0.2, 0.25) is 0 Å². The quantitative estimate of drug-likeness (QED) is 0.309. The van der Waals surface area contributed by atoms with Gasteiger partial charge in [-0.3, -0.25) is 0 Å². The first-order valence-electron chi connectivity index (χ1n) is 7.46. The first-order chi connectivity index (χ1) is 10.5. The van der Waals surface area contributed by atoms with Crippen LogP contribution in [0.1, 0.15) is 62.3 Å². The van der Waals surface area contributed by atoms with Crippen LogP contribution in [0.25, 0.3) is 0 Å². The Morgan fingerprint density at radius 1 is 0.708 bits per heavy atom. The summed E-state index contributed by atoms with van der Waals surface area (Å²) in [4.78, 5) is 39.5. The molecule has 0 rings (SSSR count). The van der Waals surface area contributed by atoms with Crippen molar-refractivity contribution in [3.8, 4) is 0 Å². The maximum atomic E-state index is 12.1. The van der Waals surface area contributed by atoms with E-state index in [0.29, 0.717) is 4.90 Å². The van der Waals surface area contributed by atoms with E-state index in [-0.39, 0.29) is 0 Å². The molecule has 0 aliphatic rings. The van der Waals surface area contributed by atoms with Crippen LogP contribution in [0, 0.1) is 0 Å². The van der Waals surface area contributed by atoms with E-state index in [9.17, 15) is 14.4 Å². The van der Waals surface area contributed by atoms with Crippen LogP contribution in [0.15, 0.2) is 4.99 Å². The molecule has 0 aliphatic heterocycles. The third kappa shape index (κ3) is 10.6. The van der Waals surface area contributed by atoms with E-state index in [4.69, 9.17) is 14.2 Å². The Hall–Kier alpha value is -2.12. The van der Waals surface area contributed by atoms with Gasteiger partial charge in [0.2, 0.25) is 0 Å². The zero-order valence-electron chi connectivity index (χ0n) is 15.8. The molecule has 0 spiro atoms. The minimum Gasteiger partial charge on any atom is -0.443 e. The van der Waals surface area contributed by atoms with E-state index in [0.717, 1.165) is 0 Å². The molecule has 0 aliphatic carbocycles. The minimum absolute atomic E-state index is 0.362. The molecule has 0 aromatic heterocycles. The summed E-state index contributed by atoms with van der Waals surface area (Å²) in [7, 11) is 0. The summed E-state index contributed by atoms with van der Waals surface area (Å²) >= 11 is 0. The normalized spacial score (nSPS) is 12.7. The number of amides is 3. The van der Waals surface area contributed by atoms with E-state index < -0.39 is 35.1 Å². The van der Waals surface area contributed by atoms with Gasteiger partial charge in [-0.25, -0.2) is 14.4 Å². The van der Waals surface area contributed by atoms with Crippen LogP contribution >= 0.6 is 0 Å². The van der Waals surface area contributed by atoms with Crippen LogP contribution in [0.4, 0.5) is 14.4 Å². The molecule has 1 radical (unpaired) electrons. The molecule has 0 aromatic rings. The molecule has 0 saturated heterocycles. The number of ether oxygens (including phenoxy) is 3. The molecule has 8 nitrogen and oxygen atoms in total. The lowest BCUT2D eigenvalue weighted by Gasteiger charge is -2.26. The molecule has 0 unspecified atom stereocenters. The first kappa shape index (κ1) is 21.9. The van der Waals surface area contributed by atoms with Gasteiger partial charge >= 0.3 is 18.3 Å². The Morgan fingerprint density at radius 2 is 1.04 bits per heavy atom. The Labute approximate surface area is 143 Å². The number of rotatable bonds is 1. The van der Waals surface area contributed by atoms with E-state index in [1.807, 2.05) is 6.34 Å². The Bertz CT molecular complexity index is 478. The van der Waals surface area contributed by atoms with Crippen LogP contribution in [-0.4, -0.2) is 46.3 Å². The second-order valence-corrected chi connectivity index (χ2v) is 7.99. The third-order valence-electron chi connectivity index (χ3n) is 1.79. The molecular formula is C16H27N2O6. The Morgan fingerprint density at radius 3 is 1.33 bits per heavy atom. The van der Waals surface area contributed by atoms with Crippen molar-refractivity contribution in [2.45, 2.75) is 79.1 Å². The largest absolute Gasteiger partial charge is 0.443 e. The van der Waals surface area contributed by atoms with Crippen molar-refractivity contribution < 1.29 is 28.6 Å². The minimum atomic E-state index is -1.07. The zero-order chi connectivity index (χ0) is 19.3. The predicted molar refractivity (Wildman–Crippen MR) is 88.0 cm³/mol. The van der Waals surface area contributed by atoms with Crippen LogP contribution in [0.5, 0.6) is 0 Å². The number of hydrogen-bond donors (Lipinski definition) is 0. The molecule has 24 heavy (non-hydrogen) atoms. The molecule has 0 saturated carbocycles. The maximum Gasteiger partial charge on any atom is 0.436 e.